The van der Waals surface area contributed by atoms with Gasteiger partial charge in [-0.2, -0.15) is 0 Å². The topological polar surface area (TPSA) is 85.2 Å². The molecule has 0 spiro atoms. The summed E-state index contributed by atoms with van der Waals surface area (Å²) in [6.07, 6.45) is 3.80. The molecule has 8 nitrogen and oxygen atoms in total. The highest BCUT2D eigenvalue weighted by Gasteiger charge is 2.36. The molecule has 1 saturated heterocycles. The number of fused-ring (bicyclic) bond motifs is 1. The van der Waals surface area contributed by atoms with Gasteiger partial charge in [-0.05, 0) is 48.9 Å². The molecule has 9 heteroatoms. The zero-order chi connectivity index (χ0) is 25.2. The molecule has 2 aromatic carbocycles. The van der Waals surface area contributed by atoms with Crippen LogP contribution in [0.25, 0.3) is 5.65 Å². The number of halogens is 1. The highest BCUT2D eigenvalue weighted by molar-refractivity contribution is 6.03. The lowest BCUT2D eigenvalue weighted by Crippen LogP contribution is -2.28. The van der Waals surface area contributed by atoms with Crippen LogP contribution in [0.5, 0.6) is 11.5 Å². The third-order valence-electron chi connectivity index (χ3n) is 6.11. The first-order chi connectivity index (χ1) is 17.4. The largest absolute Gasteiger partial charge is 0.493 e. The maximum absolute atomic E-state index is 14.4. The molecule has 0 aliphatic carbocycles. The molecule has 1 unspecified atom stereocenters. The highest BCUT2D eigenvalue weighted by atomic mass is 19.1. The molecule has 1 aliphatic heterocycles. The molecular formula is C27H25FN4O4. The Morgan fingerprint density at radius 2 is 2.03 bits per heavy atom. The summed E-state index contributed by atoms with van der Waals surface area (Å²) >= 11 is 0. The van der Waals surface area contributed by atoms with Gasteiger partial charge >= 0.3 is 0 Å². The van der Waals surface area contributed by atoms with E-state index in [1.54, 1.807) is 37.3 Å². The van der Waals surface area contributed by atoms with Gasteiger partial charge in [0.2, 0.25) is 11.8 Å². The van der Waals surface area contributed by atoms with Gasteiger partial charge in [-0.15, -0.1) is 0 Å². The van der Waals surface area contributed by atoms with Gasteiger partial charge in [0.25, 0.3) is 0 Å². The molecule has 184 valence electrons. The summed E-state index contributed by atoms with van der Waals surface area (Å²) in [5, 5.41) is 2.84. The van der Waals surface area contributed by atoms with Crippen molar-refractivity contribution >= 4 is 28.8 Å². The quantitative estimate of drug-likeness (QED) is 0.418. The first-order valence-electron chi connectivity index (χ1n) is 11.5. The van der Waals surface area contributed by atoms with E-state index in [9.17, 15) is 14.0 Å². The van der Waals surface area contributed by atoms with E-state index in [0.717, 1.165) is 16.9 Å². The van der Waals surface area contributed by atoms with Gasteiger partial charge in [0, 0.05) is 37.1 Å². The summed E-state index contributed by atoms with van der Waals surface area (Å²) in [7, 11) is 1.54. The van der Waals surface area contributed by atoms with Crippen molar-refractivity contribution in [3.8, 4) is 11.5 Å². The average molecular weight is 489 g/mol. The molecule has 4 aromatic rings. The summed E-state index contributed by atoms with van der Waals surface area (Å²) in [6, 6.07) is 15.5. The van der Waals surface area contributed by atoms with Crippen molar-refractivity contribution in [2.75, 3.05) is 23.9 Å². The van der Waals surface area contributed by atoms with E-state index in [1.165, 1.54) is 18.1 Å². The van der Waals surface area contributed by atoms with Crippen LogP contribution in [-0.2, 0) is 16.2 Å². The molecule has 3 heterocycles. The van der Waals surface area contributed by atoms with Crippen LogP contribution < -0.4 is 19.7 Å². The molecule has 5 rings (SSSR count). The molecule has 2 amide bonds. The van der Waals surface area contributed by atoms with Crippen LogP contribution in [-0.4, -0.2) is 34.9 Å². The van der Waals surface area contributed by atoms with Crippen LogP contribution in [0.15, 0.2) is 67.0 Å². The third-order valence-corrected chi connectivity index (χ3v) is 6.11. The zero-order valence-corrected chi connectivity index (χ0v) is 19.9. The lowest BCUT2D eigenvalue weighted by atomic mass is 10.1. The van der Waals surface area contributed by atoms with Crippen molar-refractivity contribution in [3.05, 3.63) is 84.1 Å². The maximum Gasteiger partial charge on any atom is 0.229 e. The molecule has 0 saturated carbocycles. The Morgan fingerprint density at radius 1 is 1.17 bits per heavy atom. The number of amides is 2. The number of carbonyl (C=O) groups is 2. The smallest absolute Gasteiger partial charge is 0.229 e. The summed E-state index contributed by atoms with van der Waals surface area (Å²) in [5.41, 5.74) is 3.00. The third kappa shape index (κ3) is 4.72. The normalized spacial score (nSPS) is 15.4. The van der Waals surface area contributed by atoms with Gasteiger partial charge in [0.15, 0.2) is 11.5 Å². The Hall–Kier alpha value is -4.40. The van der Waals surface area contributed by atoms with E-state index < -0.39 is 11.7 Å². The van der Waals surface area contributed by atoms with Crippen LogP contribution in [0, 0.1) is 18.7 Å². The van der Waals surface area contributed by atoms with E-state index in [0.29, 0.717) is 17.2 Å². The fourth-order valence-electron chi connectivity index (χ4n) is 4.27. The van der Waals surface area contributed by atoms with E-state index in [-0.39, 0.29) is 37.1 Å². The van der Waals surface area contributed by atoms with Crippen molar-refractivity contribution in [2.45, 2.75) is 20.0 Å². The number of pyridine rings is 1. The van der Waals surface area contributed by atoms with Gasteiger partial charge in [0.05, 0.1) is 24.4 Å². The van der Waals surface area contributed by atoms with Gasteiger partial charge in [-0.25, -0.2) is 9.37 Å². The second-order valence-corrected chi connectivity index (χ2v) is 8.70. The summed E-state index contributed by atoms with van der Waals surface area (Å²) in [4.78, 5) is 31.3. The van der Waals surface area contributed by atoms with E-state index in [2.05, 4.69) is 10.3 Å². The molecule has 2 aromatic heterocycles. The SMILES string of the molecule is COc1ccc(NC(=O)C2CC(=O)N(c3ccc(C)cc3F)C2)cc1OCc1cn2ccccc2n1. The maximum atomic E-state index is 14.4. The molecular weight excluding hydrogens is 463 g/mol. The second kappa shape index (κ2) is 9.69. The van der Waals surface area contributed by atoms with E-state index in [1.807, 2.05) is 35.0 Å². The van der Waals surface area contributed by atoms with Crippen molar-refractivity contribution in [1.29, 1.82) is 0 Å². The number of nitrogens with zero attached hydrogens (tertiary/aromatic N) is 3. The Morgan fingerprint density at radius 3 is 2.81 bits per heavy atom. The number of nitrogens with one attached hydrogen (secondary N) is 1. The molecule has 1 atom stereocenters. The Labute approximate surface area is 207 Å². The average Bonchev–Trinajstić information content (AvgIpc) is 3.46. The Bertz CT molecular complexity index is 1420. The number of anilines is 2. The predicted molar refractivity (Wildman–Crippen MR) is 133 cm³/mol. The minimum atomic E-state index is -0.609. The van der Waals surface area contributed by atoms with Crippen LogP contribution in [0.1, 0.15) is 17.7 Å². The van der Waals surface area contributed by atoms with Gasteiger partial charge in [-0.1, -0.05) is 12.1 Å². The number of aromatic nitrogens is 2. The molecule has 1 aliphatic rings. The Balaban J connectivity index is 1.27. The number of hydrogen-bond donors (Lipinski definition) is 1. The number of benzene rings is 2. The lowest BCUT2D eigenvalue weighted by Gasteiger charge is -2.18. The van der Waals surface area contributed by atoms with Crippen molar-refractivity contribution in [3.63, 3.8) is 0 Å². The first-order valence-corrected chi connectivity index (χ1v) is 11.5. The van der Waals surface area contributed by atoms with Crippen molar-refractivity contribution in [2.24, 2.45) is 5.92 Å². The monoisotopic (exact) mass is 488 g/mol. The molecule has 0 bridgehead atoms. The van der Waals surface area contributed by atoms with Crippen molar-refractivity contribution in [1.82, 2.24) is 9.38 Å². The number of aryl methyl sites for hydroxylation is 1. The lowest BCUT2D eigenvalue weighted by molar-refractivity contribution is -0.122. The molecule has 0 radical (unpaired) electrons. The number of rotatable bonds is 7. The zero-order valence-electron chi connectivity index (χ0n) is 19.9. The number of methoxy groups -OCH3 is 1. The van der Waals surface area contributed by atoms with Crippen LogP contribution >= 0.6 is 0 Å². The number of ether oxygens (including phenoxy) is 2. The molecule has 1 fully saturated rings. The summed E-state index contributed by atoms with van der Waals surface area (Å²) in [6.45, 7) is 2.10. The fourth-order valence-corrected chi connectivity index (χ4v) is 4.27. The van der Waals surface area contributed by atoms with Gasteiger partial charge in [0.1, 0.15) is 18.1 Å². The number of imidazole rings is 1. The standard InChI is InChI=1S/C27H25FN4O4/c1-17-6-8-22(21(28)11-17)32-14-18(12-26(32)33)27(34)30-19-7-9-23(35-2)24(13-19)36-16-20-15-31-10-4-3-5-25(31)29-20/h3-11,13,15,18H,12,14,16H2,1-2H3,(H,30,34). The molecule has 36 heavy (non-hydrogen) atoms. The number of hydrogen-bond acceptors (Lipinski definition) is 5. The van der Waals surface area contributed by atoms with E-state index >= 15 is 0 Å². The van der Waals surface area contributed by atoms with Crippen LogP contribution in [0.2, 0.25) is 0 Å². The second-order valence-electron chi connectivity index (χ2n) is 8.70. The minimum Gasteiger partial charge on any atom is -0.493 e. The van der Waals surface area contributed by atoms with Crippen LogP contribution in [0.3, 0.4) is 0 Å². The van der Waals surface area contributed by atoms with Gasteiger partial charge < -0.3 is 24.1 Å². The fraction of sp³-hybridized carbons (Fsp3) is 0.222. The van der Waals surface area contributed by atoms with Gasteiger partial charge in [-0.3, -0.25) is 9.59 Å². The molecule has 1 N–H and O–H groups in total. The van der Waals surface area contributed by atoms with Crippen LogP contribution in [0.4, 0.5) is 15.8 Å². The Kier molecular flexibility index (Phi) is 6.28. The van der Waals surface area contributed by atoms with Crippen molar-refractivity contribution < 1.29 is 23.5 Å². The summed E-state index contributed by atoms with van der Waals surface area (Å²) < 4.78 is 27.6. The predicted octanol–water partition coefficient (Wildman–Crippen LogP) is 4.36. The summed E-state index contributed by atoms with van der Waals surface area (Å²) in [5.74, 6) is -0.749. The minimum absolute atomic E-state index is 0.00649. The highest BCUT2D eigenvalue weighted by Crippen LogP contribution is 2.32. The number of carbonyl (C=O) groups excluding carboxylic acids is 2. The van der Waals surface area contributed by atoms with E-state index in [4.69, 9.17) is 9.47 Å². The first kappa shape index (κ1) is 23.3.